The maximum Gasteiger partial charge on any atom is 0.165 e. The Morgan fingerprint density at radius 1 is 1.00 bits per heavy atom. The highest BCUT2D eigenvalue weighted by Crippen LogP contribution is 2.21. The summed E-state index contributed by atoms with van der Waals surface area (Å²) in [5.41, 5.74) is 3.11. The van der Waals surface area contributed by atoms with Gasteiger partial charge in [-0.05, 0) is 23.3 Å². The second-order valence-electron chi connectivity index (χ2n) is 4.45. The van der Waals surface area contributed by atoms with Gasteiger partial charge in [0.05, 0.1) is 13.7 Å². The van der Waals surface area contributed by atoms with E-state index in [2.05, 4.69) is 5.32 Å². The molecule has 0 aliphatic rings. The first kappa shape index (κ1) is 14.3. The number of hydrogen-bond donors (Lipinski definition) is 1. The minimum absolute atomic E-state index is 0.241. The fourth-order valence-corrected chi connectivity index (χ4v) is 1.89. The van der Waals surface area contributed by atoms with E-state index in [9.17, 15) is 4.39 Å². The van der Waals surface area contributed by atoms with Crippen LogP contribution in [-0.2, 0) is 17.9 Å². The van der Waals surface area contributed by atoms with Gasteiger partial charge in [0.2, 0.25) is 0 Å². The van der Waals surface area contributed by atoms with Crippen LogP contribution in [0.2, 0.25) is 0 Å². The molecule has 0 amide bonds. The van der Waals surface area contributed by atoms with E-state index in [4.69, 9.17) is 9.47 Å². The Morgan fingerprint density at radius 3 is 2.35 bits per heavy atom. The zero-order chi connectivity index (χ0) is 14.4. The first-order valence-electron chi connectivity index (χ1n) is 6.37. The van der Waals surface area contributed by atoms with E-state index in [0.29, 0.717) is 13.2 Å². The fourth-order valence-electron chi connectivity index (χ4n) is 1.89. The Kier molecular flexibility index (Phi) is 4.96. The van der Waals surface area contributed by atoms with Gasteiger partial charge in [0.1, 0.15) is 0 Å². The first-order valence-corrected chi connectivity index (χ1v) is 6.37. The van der Waals surface area contributed by atoms with Crippen LogP contribution in [0.25, 0.3) is 0 Å². The highest BCUT2D eigenvalue weighted by Gasteiger charge is 2.03. The molecule has 2 aromatic rings. The van der Waals surface area contributed by atoms with Crippen molar-refractivity contribution in [1.29, 1.82) is 0 Å². The van der Waals surface area contributed by atoms with Crippen molar-refractivity contribution in [3.63, 3.8) is 0 Å². The first-order chi connectivity index (χ1) is 9.72. The van der Waals surface area contributed by atoms with Crippen LogP contribution in [0.4, 0.5) is 10.1 Å². The van der Waals surface area contributed by atoms with Crippen LogP contribution in [0.3, 0.4) is 0 Å². The molecule has 0 atom stereocenters. The van der Waals surface area contributed by atoms with Gasteiger partial charge in [-0.2, -0.15) is 0 Å². The SMILES string of the molecule is COCc1ccc(CNc2ccc(F)c(OC)c2)cc1. The molecule has 3 nitrogen and oxygen atoms in total. The summed E-state index contributed by atoms with van der Waals surface area (Å²) in [6.45, 7) is 1.28. The number of nitrogens with one attached hydrogen (secondary N) is 1. The standard InChI is InChI=1S/C16H18FNO2/c1-19-11-13-5-3-12(4-6-13)10-18-14-7-8-15(17)16(9-14)20-2/h3-9,18H,10-11H2,1-2H3. The Morgan fingerprint density at radius 2 is 1.70 bits per heavy atom. The molecule has 0 radical (unpaired) electrons. The molecule has 0 spiro atoms. The van der Waals surface area contributed by atoms with E-state index in [-0.39, 0.29) is 11.6 Å². The minimum Gasteiger partial charge on any atom is -0.494 e. The van der Waals surface area contributed by atoms with Crippen LogP contribution < -0.4 is 10.1 Å². The molecule has 106 valence electrons. The molecule has 0 saturated carbocycles. The van der Waals surface area contributed by atoms with Gasteiger partial charge in [0, 0.05) is 25.4 Å². The Balaban J connectivity index is 1.97. The van der Waals surface area contributed by atoms with Crippen molar-refractivity contribution in [1.82, 2.24) is 0 Å². The molecule has 0 unspecified atom stereocenters. The van der Waals surface area contributed by atoms with Crippen molar-refractivity contribution in [2.24, 2.45) is 0 Å². The quantitative estimate of drug-likeness (QED) is 0.874. The zero-order valence-electron chi connectivity index (χ0n) is 11.7. The van der Waals surface area contributed by atoms with Crippen molar-refractivity contribution in [3.05, 3.63) is 59.4 Å². The second-order valence-corrected chi connectivity index (χ2v) is 4.45. The zero-order valence-corrected chi connectivity index (χ0v) is 11.7. The molecule has 0 aliphatic carbocycles. The molecule has 2 aromatic carbocycles. The van der Waals surface area contributed by atoms with Crippen LogP contribution in [0.15, 0.2) is 42.5 Å². The molecule has 0 saturated heterocycles. The van der Waals surface area contributed by atoms with Crippen molar-refractivity contribution in [2.75, 3.05) is 19.5 Å². The summed E-state index contributed by atoms with van der Waals surface area (Å²) in [5.74, 6) is -0.118. The molecule has 0 aliphatic heterocycles. The van der Waals surface area contributed by atoms with Crippen molar-refractivity contribution < 1.29 is 13.9 Å². The van der Waals surface area contributed by atoms with E-state index >= 15 is 0 Å². The normalized spacial score (nSPS) is 10.3. The number of benzene rings is 2. The van der Waals surface area contributed by atoms with Crippen molar-refractivity contribution in [3.8, 4) is 5.75 Å². The number of ether oxygens (including phenoxy) is 2. The maximum atomic E-state index is 13.3. The summed E-state index contributed by atoms with van der Waals surface area (Å²) in [6, 6.07) is 12.9. The average Bonchev–Trinajstić information content (AvgIpc) is 2.48. The summed E-state index contributed by atoms with van der Waals surface area (Å²) in [7, 11) is 3.13. The molecule has 2 rings (SSSR count). The van der Waals surface area contributed by atoms with Gasteiger partial charge < -0.3 is 14.8 Å². The molecule has 0 heterocycles. The monoisotopic (exact) mass is 275 g/mol. The van der Waals surface area contributed by atoms with E-state index in [1.54, 1.807) is 19.2 Å². The highest BCUT2D eigenvalue weighted by molar-refractivity contribution is 5.49. The Bertz CT molecular complexity index is 555. The molecular weight excluding hydrogens is 257 g/mol. The largest absolute Gasteiger partial charge is 0.494 e. The third-order valence-electron chi connectivity index (χ3n) is 2.98. The van der Waals surface area contributed by atoms with Crippen molar-refractivity contribution >= 4 is 5.69 Å². The lowest BCUT2D eigenvalue weighted by atomic mass is 10.1. The second kappa shape index (κ2) is 6.91. The highest BCUT2D eigenvalue weighted by atomic mass is 19.1. The summed E-state index contributed by atoms with van der Waals surface area (Å²) >= 11 is 0. The summed E-state index contributed by atoms with van der Waals surface area (Å²) in [6.07, 6.45) is 0. The van der Waals surface area contributed by atoms with Gasteiger partial charge in [-0.3, -0.25) is 0 Å². The van der Waals surface area contributed by atoms with Gasteiger partial charge in [0.15, 0.2) is 11.6 Å². The lowest BCUT2D eigenvalue weighted by molar-refractivity contribution is 0.185. The molecular formula is C16H18FNO2. The Labute approximate surface area is 118 Å². The summed E-state index contributed by atoms with van der Waals surface area (Å²) < 4.78 is 23.3. The fraction of sp³-hybridized carbons (Fsp3) is 0.250. The number of hydrogen-bond acceptors (Lipinski definition) is 3. The van der Waals surface area contributed by atoms with E-state index in [1.165, 1.54) is 13.2 Å². The van der Waals surface area contributed by atoms with E-state index in [0.717, 1.165) is 16.8 Å². The predicted octanol–water partition coefficient (Wildman–Crippen LogP) is 3.59. The topological polar surface area (TPSA) is 30.5 Å². The smallest absolute Gasteiger partial charge is 0.165 e. The number of rotatable bonds is 6. The summed E-state index contributed by atoms with van der Waals surface area (Å²) in [4.78, 5) is 0. The molecule has 20 heavy (non-hydrogen) atoms. The van der Waals surface area contributed by atoms with Gasteiger partial charge in [-0.15, -0.1) is 0 Å². The minimum atomic E-state index is -0.359. The molecule has 0 bridgehead atoms. The molecule has 4 heteroatoms. The lowest BCUT2D eigenvalue weighted by Crippen LogP contribution is -2.00. The predicted molar refractivity (Wildman–Crippen MR) is 77.4 cm³/mol. The third kappa shape index (κ3) is 3.71. The molecule has 1 N–H and O–H groups in total. The number of methoxy groups -OCH3 is 2. The van der Waals surface area contributed by atoms with Gasteiger partial charge in [-0.1, -0.05) is 24.3 Å². The summed E-state index contributed by atoms with van der Waals surface area (Å²) in [5, 5.41) is 3.24. The van der Waals surface area contributed by atoms with E-state index < -0.39 is 0 Å². The van der Waals surface area contributed by atoms with Gasteiger partial charge >= 0.3 is 0 Å². The van der Waals surface area contributed by atoms with Crippen molar-refractivity contribution in [2.45, 2.75) is 13.2 Å². The number of halogens is 1. The Hall–Kier alpha value is -2.07. The van der Waals surface area contributed by atoms with Crippen LogP contribution in [0, 0.1) is 5.82 Å². The van der Waals surface area contributed by atoms with Gasteiger partial charge in [0.25, 0.3) is 0 Å². The van der Waals surface area contributed by atoms with Crippen LogP contribution >= 0.6 is 0 Å². The lowest BCUT2D eigenvalue weighted by Gasteiger charge is -2.09. The number of anilines is 1. The molecule has 0 fully saturated rings. The average molecular weight is 275 g/mol. The van der Waals surface area contributed by atoms with E-state index in [1.807, 2.05) is 24.3 Å². The van der Waals surface area contributed by atoms with Crippen LogP contribution in [0.1, 0.15) is 11.1 Å². The molecule has 0 aromatic heterocycles. The maximum absolute atomic E-state index is 13.3. The van der Waals surface area contributed by atoms with Crippen LogP contribution in [-0.4, -0.2) is 14.2 Å². The van der Waals surface area contributed by atoms with Crippen LogP contribution in [0.5, 0.6) is 5.75 Å². The third-order valence-corrected chi connectivity index (χ3v) is 2.98. The van der Waals surface area contributed by atoms with Gasteiger partial charge in [-0.25, -0.2) is 4.39 Å².